The predicted octanol–water partition coefficient (Wildman–Crippen LogP) is 17.3. The van der Waals surface area contributed by atoms with E-state index < -0.39 is 0 Å². The number of hydrogen-bond acceptors (Lipinski definition) is 5. The fraction of sp³-hybridized carbons (Fsp3) is 0.0345. The molecule has 0 aliphatic carbocycles. The summed E-state index contributed by atoms with van der Waals surface area (Å²) in [7, 11) is 0. The molecule has 3 N–H and O–H groups in total. The summed E-state index contributed by atoms with van der Waals surface area (Å²) in [6, 6.07) is 57.4. The van der Waals surface area contributed by atoms with Gasteiger partial charge in [-0.25, -0.2) is 4.99 Å². The van der Waals surface area contributed by atoms with Gasteiger partial charge in [-0.05, 0) is 89.7 Å². The molecule has 7 heteroatoms. The van der Waals surface area contributed by atoms with Crippen LogP contribution in [0.5, 0.6) is 0 Å². The van der Waals surface area contributed by atoms with Crippen LogP contribution < -0.4 is 5.73 Å². The molecule has 0 fully saturated rings. The van der Waals surface area contributed by atoms with Gasteiger partial charge in [0.2, 0.25) is 0 Å². The third-order valence-corrected chi connectivity index (χ3v) is 15.6. The molecule has 0 aliphatic heterocycles. The maximum atomic E-state index is 8.52. The van der Waals surface area contributed by atoms with E-state index >= 15 is 0 Å². The van der Waals surface area contributed by atoms with E-state index in [0.717, 1.165) is 36.6 Å². The minimum atomic E-state index is 0.162. The van der Waals surface area contributed by atoms with Crippen LogP contribution in [0.25, 0.3) is 107 Å². The fourth-order valence-electron chi connectivity index (χ4n) is 8.99. The van der Waals surface area contributed by atoms with Gasteiger partial charge in [0.25, 0.3) is 0 Å². The lowest BCUT2D eigenvalue weighted by atomic mass is 9.94. The first kappa shape index (κ1) is 40.4. The Morgan fingerprint density at radius 3 is 2.09 bits per heavy atom. The van der Waals surface area contributed by atoms with Crippen LogP contribution in [-0.4, -0.2) is 11.7 Å². The Balaban J connectivity index is 0.000000144. The smallest absolute Gasteiger partial charge is 0.154 e. The van der Waals surface area contributed by atoms with Gasteiger partial charge in [0.1, 0.15) is 17.0 Å². The lowest BCUT2D eigenvalue weighted by Crippen LogP contribution is -2.15. The van der Waals surface area contributed by atoms with Crippen molar-refractivity contribution in [3.8, 4) is 22.3 Å². The van der Waals surface area contributed by atoms with E-state index in [1.807, 2.05) is 54.7 Å². The van der Waals surface area contributed by atoms with Gasteiger partial charge < -0.3 is 10.2 Å². The van der Waals surface area contributed by atoms with Crippen molar-refractivity contribution in [3.63, 3.8) is 0 Å². The van der Waals surface area contributed by atoms with Gasteiger partial charge in [0.05, 0.1) is 0 Å². The normalized spacial score (nSPS) is 12.1. The van der Waals surface area contributed by atoms with Crippen molar-refractivity contribution in [2.45, 2.75) is 13.8 Å². The summed E-state index contributed by atoms with van der Waals surface area (Å²) in [6.45, 7) is 8.10. The minimum absolute atomic E-state index is 0.162. The number of hydrogen-bond donors (Lipinski definition) is 2. The van der Waals surface area contributed by atoms with Crippen LogP contribution in [0.4, 0.5) is 0 Å². The molecule has 0 spiro atoms. The number of furan rings is 1. The Morgan fingerprint density at radius 1 is 0.585 bits per heavy atom. The van der Waals surface area contributed by atoms with Gasteiger partial charge in [-0.1, -0.05) is 146 Å². The van der Waals surface area contributed by atoms with Gasteiger partial charge in [-0.3, -0.25) is 5.41 Å². The van der Waals surface area contributed by atoms with Crippen LogP contribution >= 0.6 is 34.0 Å². The third-order valence-electron chi connectivity index (χ3n) is 12.1. The number of allylic oxidation sites excluding steroid dienone is 1. The monoisotopic (exact) mass is 891 g/mol. The highest BCUT2D eigenvalue weighted by atomic mass is 32.1. The molecule has 4 nitrogen and oxygen atoms in total. The molecule has 0 saturated heterocycles. The van der Waals surface area contributed by atoms with Crippen molar-refractivity contribution < 1.29 is 4.42 Å². The molecule has 0 radical (unpaired) electrons. The van der Waals surface area contributed by atoms with Crippen molar-refractivity contribution in [2.75, 3.05) is 0 Å². The Hall–Kier alpha value is -7.42. The summed E-state index contributed by atoms with van der Waals surface area (Å²) in [4.78, 5) is 5.56. The maximum Gasteiger partial charge on any atom is 0.154 e. The zero-order valence-corrected chi connectivity index (χ0v) is 38.1. The molecule has 0 aliphatic rings. The van der Waals surface area contributed by atoms with Crippen LogP contribution in [0.15, 0.2) is 186 Å². The molecule has 12 rings (SSSR count). The predicted molar refractivity (Wildman–Crippen MR) is 286 cm³/mol. The lowest BCUT2D eigenvalue weighted by Gasteiger charge is -2.10. The molecule has 4 aromatic heterocycles. The molecule has 8 aromatic carbocycles. The molecule has 0 bridgehead atoms. The molecular formula is C58H41N3OS3. The van der Waals surface area contributed by atoms with Crippen LogP contribution in [0.2, 0.25) is 0 Å². The van der Waals surface area contributed by atoms with Gasteiger partial charge >= 0.3 is 0 Å². The number of fused-ring (bicyclic) bond motifs is 10. The second-order valence-electron chi connectivity index (χ2n) is 16.0. The zero-order chi connectivity index (χ0) is 44.2. The van der Waals surface area contributed by atoms with Gasteiger partial charge in [0.15, 0.2) is 5.84 Å². The number of nitrogens with zero attached hydrogens (tertiary/aromatic N) is 1. The number of amidine groups is 2. The van der Waals surface area contributed by atoms with E-state index in [9.17, 15) is 0 Å². The van der Waals surface area contributed by atoms with E-state index in [4.69, 9.17) is 15.6 Å². The van der Waals surface area contributed by atoms with Crippen LogP contribution in [-0.2, 0) is 0 Å². The molecule has 4 heterocycles. The van der Waals surface area contributed by atoms with Crippen molar-refractivity contribution in [1.29, 1.82) is 5.41 Å². The quantitative estimate of drug-likeness (QED) is 0.129. The summed E-state index contributed by atoms with van der Waals surface area (Å²) >= 11 is 5.30. The minimum Gasteiger partial charge on any atom is -0.456 e. The van der Waals surface area contributed by atoms with E-state index in [1.165, 1.54) is 85.2 Å². The molecule has 312 valence electrons. The number of rotatable bonds is 6. The van der Waals surface area contributed by atoms with E-state index in [2.05, 4.69) is 164 Å². The van der Waals surface area contributed by atoms with Gasteiger partial charge in [0, 0.05) is 77.2 Å². The topological polar surface area (TPSA) is 75.4 Å². The lowest BCUT2D eigenvalue weighted by molar-refractivity contribution is 0.669. The molecule has 0 atom stereocenters. The first-order valence-corrected chi connectivity index (χ1v) is 23.9. The van der Waals surface area contributed by atoms with Gasteiger partial charge in [-0.2, -0.15) is 0 Å². The number of nitrogens with two attached hydrogens (primary N) is 1. The summed E-state index contributed by atoms with van der Waals surface area (Å²) < 4.78 is 12.3. The molecule has 12 aromatic rings. The Morgan fingerprint density at radius 2 is 1.28 bits per heavy atom. The number of aryl methyl sites for hydroxylation is 1. The first-order valence-electron chi connectivity index (χ1n) is 21.4. The number of thiophene rings is 3. The van der Waals surface area contributed by atoms with Gasteiger partial charge in [-0.15, -0.1) is 34.0 Å². The summed E-state index contributed by atoms with van der Waals surface area (Å²) in [6.07, 6.45) is 6.02. The first-order chi connectivity index (χ1) is 31.9. The van der Waals surface area contributed by atoms with Crippen molar-refractivity contribution >= 4 is 130 Å². The van der Waals surface area contributed by atoms with E-state index in [1.54, 1.807) is 22.7 Å². The summed E-state index contributed by atoms with van der Waals surface area (Å²) in [5.41, 5.74) is 17.2. The Labute approximate surface area is 388 Å². The highest BCUT2D eigenvalue weighted by Gasteiger charge is 2.18. The molecule has 0 amide bonds. The van der Waals surface area contributed by atoms with E-state index in [-0.39, 0.29) is 5.84 Å². The van der Waals surface area contributed by atoms with Crippen LogP contribution in [0, 0.1) is 12.3 Å². The molecule has 0 saturated carbocycles. The highest BCUT2D eigenvalue weighted by Crippen LogP contribution is 2.46. The van der Waals surface area contributed by atoms with Crippen LogP contribution in [0.3, 0.4) is 0 Å². The number of nitrogens with one attached hydrogen (secondary N) is 1. The number of aliphatic imine (C=N–C) groups is 1. The Kier molecular flexibility index (Phi) is 10.3. The second-order valence-corrected chi connectivity index (χ2v) is 19.3. The highest BCUT2D eigenvalue weighted by molar-refractivity contribution is 7.26. The molecule has 65 heavy (non-hydrogen) atoms. The van der Waals surface area contributed by atoms with Crippen LogP contribution in [0.1, 0.15) is 34.1 Å². The maximum absolute atomic E-state index is 8.52. The second kappa shape index (κ2) is 16.6. The molecular weight excluding hydrogens is 851 g/mol. The molecule has 0 unspecified atom stereocenters. The third kappa shape index (κ3) is 7.15. The van der Waals surface area contributed by atoms with Crippen molar-refractivity contribution in [2.24, 2.45) is 10.7 Å². The standard InChI is InChI=1S/C31H20OS.C27H21N3S2/c1-19-8-7-12-27-29(19)25-18-21(14-17-26(25)32-27)22-15-16-23(20-9-3-2-4-10-20)31-30(22)24-11-5-6-13-28(24)33-31;1-3-7-18-20-12-10-16(14-24(20)31-22(18)4-2)26(28)30-27(29)17-11-13-21-19-8-5-6-9-23(19)32-25(21)15-17/h2-18H,1H3;3-15H,2H2,1H3,(H3,28,29,30)/b;7-3-. The fourth-order valence-corrected chi connectivity index (χ4v) is 12.5. The Bertz CT molecular complexity index is 3920. The summed E-state index contributed by atoms with van der Waals surface area (Å²) in [5, 5.41) is 17.2. The van der Waals surface area contributed by atoms with Crippen molar-refractivity contribution in [1.82, 2.24) is 0 Å². The zero-order valence-electron chi connectivity index (χ0n) is 35.7. The number of benzene rings is 8. The van der Waals surface area contributed by atoms with E-state index in [0.29, 0.717) is 5.84 Å². The SMILES string of the molecule is C=Cc1sc2cc(C(N)=NC(=N)c3ccc4c(c3)sc3ccccc34)ccc2c1/C=C\C.Cc1cccc2oc3ccc(-c4ccc(-c5ccccc5)c5sc6ccccc6c45)cc3c12. The summed E-state index contributed by atoms with van der Waals surface area (Å²) in [5.74, 6) is 0.504. The van der Waals surface area contributed by atoms with Crippen molar-refractivity contribution in [3.05, 3.63) is 204 Å². The largest absolute Gasteiger partial charge is 0.456 e. The average molecular weight is 892 g/mol. The average Bonchev–Trinajstić information content (AvgIpc) is 4.12.